The number of carboxylic acid groups (broad SMARTS) is 1. The van der Waals surface area contributed by atoms with E-state index >= 15 is 0 Å². The molecule has 0 radical (unpaired) electrons. The molecular formula is C14H26N2O4. The van der Waals surface area contributed by atoms with Crippen LogP contribution in [0.5, 0.6) is 0 Å². The molecule has 116 valence electrons. The summed E-state index contributed by atoms with van der Waals surface area (Å²) < 4.78 is 0. The van der Waals surface area contributed by atoms with Crippen LogP contribution in [-0.4, -0.2) is 52.3 Å². The van der Waals surface area contributed by atoms with Gasteiger partial charge >= 0.3 is 12.0 Å². The second kappa shape index (κ2) is 6.92. The Morgan fingerprint density at radius 2 is 1.85 bits per heavy atom. The molecule has 0 heterocycles. The number of aliphatic carboxylic acids is 1. The summed E-state index contributed by atoms with van der Waals surface area (Å²) in [4.78, 5) is 24.5. The van der Waals surface area contributed by atoms with Crippen LogP contribution < -0.4 is 5.32 Å². The zero-order chi connectivity index (χ0) is 15.3. The molecule has 1 aliphatic rings. The minimum Gasteiger partial charge on any atom is -0.480 e. The van der Waals surface area contributed by atoms with Gasteiger partial charge in [0.2, 0.25) is 0 Å². The van der Waals surface area contributed by atoms with Gasteiger partial charge in [-0.1, -0.05) is 26.7 Å². The molecule has 1 aliphatic carbocycles. The number of nitrogens with zero attached hydrogens (tertiary/aromatic N) is 1. The zero-order valence-corrected chi connectivity index (χ0v) is 12.6. The summed E-state index contributed by atoms with van der Waals surface area (Å²) in [6, 6.07) is -1.33. The second-order valence-electron chi connectivity index (χ2n) is 6.26. The minimum absolute atomic E-state index is 0.181. The average Bonchev–Trinajstić information content (AvgIpc) is 2.73. The third-order valence-electron chi connectivity index (χ3n) is 3.72. The molecule has 1 fully saturated rings. The van der Waals surface area contributed by atoms with Gasteiger partial charge < -0.3 is 20.4 Å². The van der Waals surface area contributed by atoms with Crippen LogP contribution >= 0.6 is 0 Å². The third kappa shape index (κ3) is 5.00. The summed E-state index contributed by atoms with van der Waals surface area (Å²) >= 11 is 0. The first-order valence-electron chi connectivity index (χ1n) is 7.20. The molecule has 6 nitrogen and oxygen atoms in total. The number of nitrogens with one attached hydrogen (secondary N) is 1. The molecule has 1 saturated carbocycles. The Bertz CT molecular complexity index is 351. The largest absolute Gasteiger partial charge is 0.480 e. The topological polar surface area (TPSA) is 89.9 Å². The monoisotopic (exact) mass is 286 g/mol. The lowest BCUT2D eigenvalue weighted by atomic mass is 10.0. The first kappa shape index (κ1) is 16.8. The van der Waals surface area contributed by atoms with Crippen LogP contribution in [0.4, 0.5) is 4.79 Å². The van der Waals surface area contributed by atoms with E-state index in [9.17, 15) is 14.7 Å². The zero-order valence-electron chi connectivity index (χ0n) is 12.6. The van der Waals surface area contributed by atoms with Gasteiger partial charge in [-0.3, -0.25) is 0 Å². The lowest BCUT2D eigenvalue weighted by molar-refractivity contribution is -0.139. The van der Waals surface area contributed by atoms with Crippen LogP contribution in [0.15, 0.2) is 0 Å². The molecule has 0 aromatic carbocycles. The van der Waals surface area contributed by atoms with Gasteiger partial charge in [-0.25, -0.2) is 9.59 Å². The molecule has 1 atom stereocenters. The Labute approximate surface area is 120 Å². The van der Waals surface area contributed by atoms with Crippen molar-refractivity contribution >= 4 is 12.0 Å². The Morgan fingerprint density at radius 1 is 1.30 bits per heavy atom. The Hall–Kier alpha value is -1.30. The van der Waals surface area contributed by atoms with Crippen LogP contribution in [0.1, 0.15) is 46.0 Å². The SMILES string of the molecule is CC(C)C[C@@H](NC(=O)N(C)CC1(O)CCCC1)C(=O)O. The molecule has 0 aromatic rings. The van der Waals surface area contributed by atoms with E-state index in [0.717, 1.165) is 12.8 Å². The van der Waals surface area contributed by atoms with Gasteiger partial charge in [-0.15, -0.1) is 0 Å². The fraction of sp³-hybridized carbons (Fsp3) is 0.857. The van der Waals surface area contributed by atoms with Crippen LogP contribution in [0, 0.1) is 5.92 Å². The molecule has 2 amide bonds. The number of carbonyl (C=O) groups is 2. The van der Waals surface area contributed by atoms with Gasteiger partial charge in [-0.2, -0.15) is 0 Å². The van der Waals surface area contributed by atoms with Gasteiger partial charge in [0.05, 0.1) is 12.1 Å². The van der Waals surface area contributed by atoms with Crippen molar-refractivity contribution in [1.82, 2.24) is 10.2 Å². The highest BCUT2D eigenvalue weighted by atomic mass is 16.4. The lowest BCUT2D eigenvalue weighted by Gasteiger charge is -2.29. The van der Waals surface area contributed by atoms with E-state index in [2.05, 4.69) is 5.32 Å². The maximum Gasteiger partial charge on any atom is 0.326 e. The first-order valence-corrected chi connectivity index (χ1v) is 7.20. The van der Waals surface area contributed by atoms with Crippen molar-refractivity contribution in [1.29, 1.82) is 0 Å². The molecule has 6 heteroatoms. The predicted molar refractivity (Wildman–Crippen MR) is 75.5 cm³/mol. The third-order valence-corrected chi connectivity index (χ3v) is 3.72. The van der Waals surface area contributed by atoms with Crippen molar-refractivity contribution in [3.63, 3.8) is 0 Å². The molecule has 0 saturated heterocycles. The van der Waals surface area contributed by atoms with Crippen LogP contribution in [-0.2, 0) is 4.79 Å². The van der Waals surface area contributed by atoms with E-state index in [-0.39, 0.29) is 12.5 Å². The maximum absolute atomic E-state index is 12.0. The van der Waals surface area contributed by atoms with Crippen molar-refractivity contribution in [3.05, 3.63) is 0 Å². The van der Waals surface area contributed by atoms with E-state index < -0.39 is 23.6 Å². The standard InChI is InChI=1S/C14H26N2O4/c1-10(2)8-11(12(17)18)15-13(19)16(3)9-14(20)6-4-5-7-14/h10-11,20H,4-9H2,1-3H3,(H,15,19)(H,17,18)/t11-/m1/s1. The smallest absolute Gasteiger partial charge is 0.326 e. The molecule has 3 N–H and O–H groups in total. The Kier molecular flexibility index (Phi) is 5.80. The summed E-state index contributed by atoms with van der Waals surface area (Å²) in [5.74, 6) is -0.847. The quantitative estimate of drug-likeness (QED) is 0.689. The number of rotatable bonds is 6. The molecule has 0 spiro atoms. The van der Waals surface area contributed by atoms with E-state index in [1.807, 2.05) is 13.8 Å². The van der Waals surface area contributed by atoms with Gasteiger partial charge in [0.15, 0.2) is 0 Å². The maximum atomic E-state index is 12.0. The molecular weight excluding hydrogens is 260 g/mol. The molecule has 20 heavy (non-hydrogen) atoms. The normalized spacial score (nSPS) is 18.9. The number of hydrogen-bond acceptors (Lipinski definition) is 3. The summed E-state index contributed by atoms with van der Waals surface area (Å²) in [7, 11) is 1.58. The lowest BCUT2D eigenvalue weighted by Crippen LogP contribution is -2.51. The number of likely N-dealkylation sites (N-methyl/N-ethyl adjacent to an activating group) is 1. The highest BCUT2D eigenvalue weighted by Crippen LogP contribution is 2.29. The van der Waals surface area contributed by atoms with Crippen molar-refractivity contribution in [2.45, 2.75) is 57.6 Å². The fourth-order valence-corrected chi connectivity index (χ4v) is 2.66. The van der Waals surface area contributed by atoms with Crippen molar-refractivity contribution in [3.8, 4) is 0 Å². The average molecular weight is 286 g/mol. The number of amides is 2. The van der Waals surface area contributed by atoms with Gasteiger partial charge in [0.1, 0.15) is 6.04 Å². The number of aliphatic hydroxyl groups is 1. The Balaban J connectivity index is 2.52. The fourth-order valence-electron chi connectivity index (χ4n) is 2.66. The van der Waals surface area contributed by atoms with E-state index in [4.69, 9.17) is 5.11 Å². The van der Waals surface area contributed by atoms with Crippen molar-refractivity contribution < 1.29 is 19.8 Å². The highest BCUT2D eigenvalue weighted by molar-refractivity contribution is 5.82. The van der Waals surface area contributed by atoms with Gasteiger partial charge in [0.25, 0.3) is 0 Å². The summed E-state index contributed by atoms with van der Waals surface area (Å²) in [5, 5.41) is 21.9. The minimum atomic E-state index is -1.03. The first-order chi connectivity index (χ1) is 9.23. The molecule has 0 aromatic heterocycles. The van der Waals surface area contributed by atoms with Crippen LogP contribution in [0.3, 0.4) is 0 Å². The Morgan fingerprint density at radius 3 is 2.30 bits per heavy atom. The number of carboxylic acids is 1. The van der Waals surface area contributed by atoms with Crippen molar-refractivity contribution in [2.24, 2.45) is 5.92 Å². The van der Waals surface area contributed by atoms with Crippen molar-refractivity contribution in [2.75, 3.05) is 13.6 Å². The highest BCUT2D eigenvalue weighted by Gasteiger charge is 2.34. The summed E-state index contributed by atoms with van der Waals surface area (Å²) in [6.45, 7) is 4.06. The number of carbonyl (C=O) groups excluding carboxylic acids is 1. The summed E-state index contributed by atoms with van der Waals surface area (Å²) in [6.07, 6.45) is 3.71. The number of hydrogen-bond donors (Lipinski definition) is 3. The van der Waals surface area contributed by atoms with E-state index in [1.165, 1.54) is 4.90 Å². The molecule has 0 unspecified atom stereocenters. The van der Waals surface area contributed by atoms with E-state index in [1.54, 1.807) is 7.05 Å². The molecule has 0 bridgehead atoms. The second-order valence-corrected chi connectivity index (χ2v) is 6.26. The molecule has 1 rings (SSSR count). The van der Waals surface area contributed by atoms with Gasteiger partial charge in [0, 0.05) is 7.05 Å². The van der Waals surface area contributed by atoms with Crippen LogP contribution in [0.2, 0.25) is 0 Å². The summed E-state index contributed by atoms with van der Waals surface area (Å²) in [5.41, 5.74) is -0.817. The predicted octanol–water partition coefficient (Wildman–Crippen LogP) is 1.43. The van der Waals surface area contributed by atoms with Crippen LogP contribution in [0.25, 0.3) is 0 Å². The van der Waals surface area contributed by atoms with E-state index in [0.29, 0.717) is 19.3 Å². The molecule has 0 aliphatic heterocycles. The number of urea groups is 1. The van der Waals surface area contributed by atoms with Gasteiger partial charge in [-0.05, 0) is 25.2 Å².